The van der Waals surface area contributed by atoms with E-state index in [1.807, 2.05) is 0 Å². The van der Waals surface area contributed by atoms with Gasteiger partial charge in [-0.05, 0) is 12.8 Å². The maximum atomic E-state index is 9.21. The van der Waals surface area contributed by atoms with Crippen LogP contribution in [-0.2, 0) is 4.74 Å². The van der Waals surface area contributed by atoms with Crippen molar-refractivity contribution in [3.63, 3.8) is 0 Å². The molecule has 2 atom stereocenters. The van der Waals surface area contributed by atoms with Crippen LogP contribution in [0.4, 0.5) is 0 Å². The van der Waals surface area contributed by atoms with Crippen molar-refractivity contribution in [3.05, 3.63) is 0 Å². The Morgan fingerprint density at radius 3 is 3.00 bits per heavy atom. The molecule has 0 spiro atoms. The minimum atomic E-state index is -0.570. The number of hydrogen-bond acceptors (Lipinski definition) is 3. The van der Waals surface area contributed by atoms with Crippen molar-refractivity contribution in [1.82, 2.24) is 5.32 Å². The summed E-state index contributed by atoms with van der Waals surface area (Å²) in [6.07, 6.45) is 9.09. The van der Waals surface area contributed by atoms with Gasteiger partial charge in [0.1, 0.15) is 5.54 Å². The van der Waals surface area contributed by atoms with Crippen molar-refractivity contribution in [2.24, 2.45) is 0 Å². The number of rotatable bonds is 3. The Morgan fingerprint density at radius 2 is 2.43 bits per heavy atom. The van der Waals surface area contributed by atoms with Crippen molar-refractivity contribution < 1.29 is 4.74 Å². The molecule has 76 valence electrons. The fraction of sp³-hybridized carbons (Fsp3) is 0.727. The Morgan fingerprint density at radius 1 is 1.64 bits per heavy atom. The summed E-state index contributed by atoms with van der Waals surface area (Å²) in [6, 6.07) is 2.32. The lowest BCUT2D eigenvalue weighted by atomic mass is 9.80. The number of hydrogen-bond donors (Lipinski definition) is 1. The molecule has 1 N–H and O–H groups in total. The molecule has 1 aliphatic carbocycles. The van der Waals surface area contributed by atoms with Crippen molar-refractivity contribution in [2.75, 3.05) is 13.7 Å². The smallest absolute Gasteiger partial charge is 0.133 e. The molecule has 0 aromatic carbocycles. The molecule has 3 heteroatoms. The summed E-state index contributed by atoms with van der Waals surface area (Å²) < 4.78 is 5.34. The van der Waals surface area contributed by atoms with Crippen LogP contribution in [0, 0.1) is 23.7 Å². The highest BCUT2D eigenvalue weighted by atomic mass is 16.5. The van der Waals surface area contributed by atoms with E-state index in [0.29, 0.717) is 6.54 Å². The summed E-state index contributed by atoms with van der Waals surface area (Å²) in [5, 5.41) is 12.3. The van der Waals surface area contributed by atoms with Crippen molar-refractivity contribution >= 4 is 0 Å². The number of nitrogens with one attached hydrogen (secondary N) is 1. The lowest BCUT2D eigenvalue weighted by molar-refractivity contribution is 0.0147. The first-order chi connectivity index (χ1) is 6.79. The Hall–Kier alpha value is -1.03. The van der Waals surface area contributed by atoms with Crippen molar-refractivity contribution in [1.29, 1.82) is 5.26 Å². The van der Waals surface area contributed by atoms with Gasteiger partial charge in [0.2, 0.25) is 0 Å². The van der Waals surface area contributed by atoms with E-state index < -0.39 is 5.54 Å². The molecule has 0 amide bonds. The van der Waals surface area contributed by atoms with Crippen LogP contribution < -0.4 is 5.32 Å². The Labute approximate surface area is 85.4 Å². The topological polar surface area (TPSA) is 45.0 Å². The molecule has 0 radical (unpaired) electrons. The summed E-state index contributed by atoms with van der Waals surface area (Å²) in [5.74, 6) is 2.50. The molecule has 0 heterocycles. The van der Waals surface area contributed by atoms with Crippen LogP contribution in [-0.4, -0.2) is 25.3 Å². The predicted octanol–water partition coefficient (Wildman–Crippen LogP) is 1.06. The highest BCUT2D eigenvalue weighted by Crippen LogP contribution is 2.29. The minimum Gasteiger partial charge on any atom is -0.378 e. The maximum absolute atomic E-state index is 9.21. The van der Waals surface area contributed by atoms with E-state index in [-0.39, 0.29) is 6.10 Å². The van der Waals surface area contributed by atoms with E-state index in [1.54, 1.807) is 7.11 Å². The first kappa shape index (κ1) is 11.0. The standard InChI is InChI=1S/C11H16N2O/c1-3-8-13-11(9-12)7-5-4-6-10(11)14-2/h1,10,13H,4-8H2,2H3. The number of nitriles is 1. The maximum Gasteiger partial charge on any atom is 0.133 e. The van der Waals surface area contributed by atoms with Crippen molar-refractivity contribution in [3.8, 4) is 18.4 Å². The summed E-state index contributed by atoms with van der Waals surface area (Å²) in [4.78, 5) is 0. The highest BCUT2D eigenvalue weighted by molar-refractivity contribution is 5.15. The van der Waals surface area contributed by atoms with E-state index in [1.165, 1.54) is 0 Å². The number of methoxy groups -OCH3 is 1. The second-order valence-electron chi connectivity index (χ2n) is 3.61. The van der Waals surface area contributed by atoms with Crippen LogP contribution in [0.5, 0.6) is 0 Å². The number of terminal acetylenes is 1. The SMILES string of the molecule is C#CCNC1(C#N)CCCCC1OC. The summed E-state index contributed by atoms with van der Waals surface area (Å²) in [7, 11) is 1.65. The number of ether oxygens (including phenoxy) is 1. The Balaban J connectivity index is 2.73. The molecular formula is C11H16N2O. The normalized spacial score (nSPS) is 31.8. The zero-order valence-corrected chi connectivity index (χ0v) is 8.55. The van der Waals surface area contributed by atoms with Crippen LogP contribution in [0.25, 0.3) is 0 Å². The predicted molar refractivity (Wildman–Crippen MR) is 54.4 cm³/mol. The van der Waals surface area contributed by atoms with Gasteiger partial charge in [-0.1, -0.05) is 18.8 Å². The van der Waals surface area contributed by atoms with E-state index in [9.17, 15) is 5.26 Å². The molecule has 1 rings (SSSR count). The molecule has 0 saturated heterocycles. The van der Waals surface area contributed by atoms with Gasteiger partial charge in [0.25, 0.3) is 0 Å². The zero-order valence-electron chi connectivity index (χ0n) is 8.55. The molecule has 3 nitrogen and oxygen atoms in total. The van der Waals surface area contributed by atoms with Gasteiger partial charge in [0.05, 0.1) is 18.7 Å². The fourth-order valence-corrected chi connectivity index (χ4v) is 2.04. The first-order valence-corrected chi connectivity index (χ1v) is 4.91. The third kappa shape index (κ3) is 2.07. The number of nitrogens with zero attached hydrogens (tertiary/aromatic N) is 1. The van der Waals surface area contributed by atoms with Gasteiger partial charge in [0, 0.05) is 7.11 Å². The van der Waals surface area contributed by atoms with Gasteiger partial charge in [0.15, 0.2) is 0 Å². The molecule has 2 unspecified atom stereocenters. The van der Waals surface area contributed by atoms with Gasteiger partial charge < -0.3 is 4.74 Å². The van der Waals surface area contributed by atoms with Gasteiger partial charge in [-0.3, -0.25) is 5.32 Å². The molecule has 1 aliphatic rings. The van der Waals surface area contributed by atoms with Crippen LogP contribution in [0.2, 0.25) is 0 Å². The molecule has 1 fully saturated rings. The largest absolute Gasteiger partial charge is 0.378 e. The zero-order chi connectivity index (χ0) is 10.4. The summed E-state index contributed by atoms with van der Waals surface area (Å²) in [5.41, 5.74) is -0.570. The molecule has 14 heavy (non-hydrogen) atoms. The molecular weight excluding hydrogens is 176 g/mol. The third-order valence-corrected chi connectivity index (χ3v) is 2.83. The fourth-order valence-electron chi connectivity index (χ4n) is 2.04. The molecule has 1 saturated carbocycles. The van der Waals surface area contributed by atoms with E-state index in [2.05, 4.69) is 17.3 Å². The quantitative estimate of drug-likeness (QED) is 0.680. The Bertz CT molecular complexity index is 263. The summed E-state index contributed by atoms with van der Waals surface area (Å²) in [6.45, 7) is 0.424. The highest BCUT2D eigenvalue weighted by Gasteiger charge is 2.40. The molecule has 0 bridgehead atoms. The molecule has 0 aliphatic heterocycles. The monoisotopic (exact) mass is 192 g/mol. The van der Waals surface area contributed by atoms with Gasteiger partial charge in [-0.15, -0.1) is 6.42 Å². The second-order valence-corrected chi connectivity index (χ2v) is 3.61. The van der Waals surface area contributed by atoms with Crippen LogP contribution in [0.1, 0.15) is 25.7 Å². The van der Waals surface area contributed by atoms with E-state index in [4.69, 9.17) is 11.2 Å². The van der Waals surface area contributed by atoms with Crippen LogP contribution in [0.15, 0.2) is 0 Å². The summed E-state index contributed by atoms with van der Waals surface area (Å²) >= 11 is 0. The minimum absolute atomic E-state index is 0.0328. The lowest BCUT2D eigenvalue weighted by Gasteiger charge is -2.38. The van der Waals surface area contributed by atoms with Gasteiger partial charge in [-0.2, -0.15) is 5.26 Å². The van der Waals surface area contributed by atoms with Crippen molar-refractivity contribution in [2.45, 2.75) is 37.3 Å². The van der Waals surface area contributed by atoms with Crippen LogP contribution >= 0.6 is 0 Å². The first-order valence-electron chi connectivity index (χ1n) is 4.91. The van der Waals surface area contributed by atoms with Gasteiger partial charge >= 0.3 is 0 Å². The Kier molecular flexibility index (Phi) is 3.95. The lowest BCUT2D eigenvalue weighted by Crippen LogP contribution is -2.56. The third-order valence-electron chi connectivity index (χ3n) is 2.83. The molecule has 0 aromatic heterocycles. The van der Waals surface area contributed by atoms with E-state index in [0.717, 1.165) is 25.7 Å². The molecule has 0 aromatic rings. The van der Waals surface area contributed by atoms with Gasteiger partial charge in [-0.25, -0.2) is 0 Å². The van der Waals surface area contributed by atoms with Crippen LogP contribution in [0.3, 0.4) is 0 Å². The van der Waals surface area contributed by atoms with E-state index >= 15 is 0 Å². The second kappa shape index (κ2) is 5.00. The average molecular weight is 192 g/mol. The average Bonchev–Trinajstić information content (AvgIpc) is 2.26.